The maximum absolute atomic E-state index is 14.5. The largest absolute Gasteiger partial charge is 0.472 e. The summed E-state index contributed by atoms with van der Waals surface area (Å²) in [5.41, 5.74) is -3.10. The Hall–Kier alpha value is -6.49. The van der Waals surface area contributed by atoms with Crippen LogP contribution in [0.2, 0.25) is 0 Å². The number of phosphoric ester groups is 1. The number of benzene rings is 1. The first-order chi connectivity index (χ1) is 31.0. The summed E-state index contributed by atoms with van der Waals surface area (Å²) >= 11 is 0. The molecule has 0 unspecified atom stereocenters. The average molecular weight is 948 g/mol. The third-order valence-electron chi connectivity index (χ3n) is 10.7. The molecule has 3 aliphatic heterocycles. The highest BCUT2D eigenvalue weighted by Crippen LogP contribution is 2.46. The maximum atomic E-state index is 14.5. The number of carbonyl (C=O) groups excluding carboxylic acids is 5. The van der Waals surface area contributed by atoms with Gasteiger partial charge in [0.25, 0.3) is 11.8 Å². The number of nitrogens with zero attached hydrogens (tertiary/aromatic N) is 6. The maximum Gasteiger partial charge on any atom is 0.472 e. The Morgan fingerprint density at radius 1 is 1.08 bits per heavy atom. The first-order valence-corrected chi connectivity index (χ1v) is 21.8. The molecule has 2 bridgehead atoms. The second-order valence-electron chi connectivity index (χ2n) is 16.7. The molecular weight excluding hydrogens is 899 g/mol. The van der Waals surface area contributed by atoms with Crippen molar-refractivity contribution in [1.82, 2.24) is 24.7 Å². The summed E-state index contributed by atoms with van der Waals surface area (Å²) in [6, 6.07) is 4.62. The number of amides is 4. The van der Waals surface area contributed by atoms with Crippen LogP contribution in [-0.2, 0) is 46.0 Å². The van der Waals surface area contributed by atoms with Gasteiger partial charge in [-0.3, -0.25) is 29.0 Å². The predicted molar refractivity (Wildman–Crippen MR) is 224 cm³/mol. The average Bonchev–Trinajstić information content (AvgIpc) is 3.56. The summed E-state index contributed by atoms with van der Waals surface area (Å²) in [4.78, 5) is 113. The van der Waals surface area contributed by atoms with Gasteiger partial charge < -0.3 is 48.4 Å². The van der Waals surface area contributed by atoms with E-state index in [0.29, 0.717) is 31.0 Å². The second kappa shape index (κ2) is 19.5. The van der Waals surface area contributed by atoms with Crippen LogP contribution in [0, 0.1) is 11.6 Å². The second-order valence-corrected chi connectivity index (χ2v) is 17.9. The van der Waals surface area contributed by atoms with Crippen molar-refractivity contribution >= 4 is 49.3 Å². The van der Waals surface area contributed by atoms with Crippen molar-refractivity contribution < 1.29 is 75.4 Å². The Kier molecular flexibility index (Phi) is 14.5. The van der Waals surface area contributed by atoms with Crippen molar-refractivity contribution in [3.05, 3.63) is 87.0 Å². The van der Waals surface area contributed by atoms with E-state index >= 15 is 0 Å². The monoisotopic (exact) mass is 947 g/mol. The van der Waals surface area contributed by atoms with Gasteiger partial charge in [0, 0.05) is 62.2 Å². The molecule has 6 rings (SSSR count). The summed E-state index contributed by atoms with van der Waals surface area (Å²) in [5, 5.41) is 6.66. The van der Waals surface area contributed by atoms with Gasteiger partial charge >= 0.3 is 26.0 Å². The highest BCUT2D eigenvalue weighted by atomic mass is 31.2. The molecule has 3 N–H and O–H groups in total. The molecule has 5 heterocycles. The molecule has 1 aromatic carbocycles. The smallest absolute Gasteiger partial charge is 0.459 e. The third-order valence-corrected chi connectivity index (χ3v) is 11.2. The van der Waals surface area contributed by atoms with Crippen LogP contribution < -0.4 is 20.4 Å². The first-order valence-electron chi connectivity index (χ1n) is 20.3. The van der Waals surface area contributed by atoms with Gasteiger partial charge in [-0.2, -0.15) is 0 Å². The SMILES string of the molecule is CC1=NO[C@@]2(CC[C@H](C)N3C[C@H]2n2cc(C(=O)NCc4ccc(F)cc4F)c(=O)c(OCOC(=O)N(C)c4ncccc4CN(CC(=O)OC(C)(C)C)C(=O)OCOP(=O)(O)O)c2C3=O)C1. The number of esters is 1. The van der Waals surface area contributed by atoms with Gasteiger partial charge in [-0.25, -0.2) is 32.4 Å². The fourth-order valence-corrected chi connectivity index (χ4v) is 7.87. The highest BCUT2D eigenvalue weighted by molar-refractivity contribution is 7.46. The van der Waals surface area contributed by atoms with Gasteiger partial charge in [0.05, 0.1) is 18.3 Å². The van der Waals surface area contributed by atoms with Crippen molar-refractivity contribution in [3.63, 3.8) is 0 Å². The molecule has 1 spiro atoms. The van der Waals surface area contributed by atoms with Crippen molar-refractivity contribution in [2.45, 2.75) is 90.3 Å². The lowest BCUT2D eigenvalue weighted by molar-refractivity contribution is -0.156. The number of anilines is 1. The van der Waals surface area contributed by atoms with E-state index in [9.17, 15) is 42.1 Å². The van der Waals surface area contributed by atoms with Gasteiger partial charge in [-0.15, -0.1) is 0 Å². The number of carbonyl (C=O) groups is 5. The zero-order chi connectivity index (χ0) is 48.3. The number of ether oxygens (including phenoxy) is 4. The number of hydrogen-bond acceptors (Lipinski definition) is 15. The molecule has 356 valence electrons. The summed E-state index contributed by atoms with van der Waals surface area (Å²) in [6.45, 7) is 4.66. The number of oxime groups is 1. The van der Waals surface area contributed by atoms with Crippen LogP contribution in [0.15, 0.2) is 52.7 Å². The Bertz CT molecular complexity index is 2550. The molecule has 2 aromatic heterocycles. The molecule has 0 aliphatic carbocycles. The molecule has 22 nitrogen and oxygen atoms in total. The predicted octanol–water partition coefficient (Wildman–Crippen LogP) is 4.12. The van der Waals surface area contributed by atoms with Crippen LogP contribution in [0.1, 0.15) is 91.9 Å². The Morgan fingerprint density at radius 2 is 1.80 bits per heavy atom. The van der Waals surface area contributed by atoms with Crippen LogP contribution in [0.3, 0.4) is 0 Å². The van der Waals surface area contributed by atoms with E-state index in [1.54, 1.807) is 32.6 Å². The van der Waals surface area contributed by atoms with Gasteiger partial charge in [0.15, 0.2) is 11.3 Å². The van der Waals surface area contributed by atoms with Crippen molar-refractivity contribution in [2.24, 2.45) is 5.16 Å². The fourth-order valence-electron chi connectivity index (χ4n) is 7.68. The molecule has 4 amide bonds. The molecule has 25 heteroatoms. The number of halogens is 2. The number of hydrogen-bond donors (Lipinski definition) is 3. The van der Waals surface area contributed by atoms with E-state index < -0.39 is 117 Å². The topological polar surface area (TPSA) is 267 Å². The lowest BCUT2D eigenvalue weighted by atomic mass is 9.84. The van der Waals surface area contributed by atoms with Gasteiger partial charge in [0.1, 0.15) is 35.2 Å². The van der Waals surface area contributed by atoms with E-state index in [4.69, 9.17) is 33.6 Å². The standard InChI is InChI=1S/C41H48F2N7O15P/c1-23-15-41(65-46-23)12-11-24(2)49-19-30(41)50-18-28(36(53)45-16-25-9-10-27(42)14-29(25)43)33(52)34(32(50)37(49)54)60-21-61-38(55)47(6)35-26(8-7-13-44-35)17-48(20-31(51)64-40(3,4)5)39(56)62-22-63-66(57,58)59/h7-10,13-14,18,24,30H,11-12,15-17,19-22H2,1-6H3,(H,45,53)(H2,57,58,59)/t24-,30+,41-/m0/s1. The van der Waals surface area contributed by atoms with Gasteiger partial charge in [0.2, 0.25) is 24.8 Å². The minimum Gasteiger partial charge on any atom is -0.459 e. The Morgan fingerprint density at radius 3 is 2.47 bits per heavy atom. The lowest BCUT2D eigenvalue weighted by Gasteiger charge is -2.42. The number of rotatable bonds is 14. The van der Waals surface area contributed by atoms with Crippen LogP contribution in [0.5, 0.6) is 5.75 Å². The van der Waals surface area contributed by atoms with Crippen molar-refractivity contribution in [2.75, 3.05) is 38.6 Å². The van der Waals surface area contributed by atoms with E-state index in [-0.39, 0.29) is 35.2 Å². The fraction of sp³-hybridized carbons (Fsp3) is 0.463. The summed E-state index contributed by atoms with van der Waals surface area (Å²) in [7, 11) is -3.80. The number of aromatic nitrogens is 2. The highest BCUT2D eigenvalue weighted by Gasteiger charge is 2.54. The number of pyridine rings is 2. The molecule has 1 fully saturated rings. The van der Waals surface area contributed by atoms with Crippen molar-refractivity contribution in [1.29, 1.82) is 0 Å². The zero-order valence-electron chi connectivity index (χ0n) is 36.6. The van der Waals surface area contributed by atoms with Crippen LogP contribution in [0.4, 0.5) is 24.2 Å². The number of nitrogens with one attached hydrogen (secondary N) is 1. The molecule has 66 heavy (non-hydrogen) atoms. The van der Waals surface area contributed by atoms with Crippen molar-refractivity contribution in [3.8, 4) is 5.75 Å². The number of phosphoric acid groups is 1. The van der Waals surface area contributed by atoms with Crippen LogP contribution >= 0.6 is 7.82 Å². The van der Waals surface area contributed by atoms with Gasteiger partial charge in [-0.05, 0) is 59.6 Å². The molecule has 0 saturated carbocycles. The summed E-state index contributed by atoms with van der Waals surface area (Å²) in [5.74, 6) is -5.04. The van der Waals surface area contributed by atoms with E-state index in [1.165, 1.54) is 36.1 Å². The minimum absolute atomic E-state index is 0.0793. The van der Waals surface area contributed by atoms with Gasteiger partial charge in [-0.1, -0.05) is 17.3 Å². The van der Waals surface area contributed by atoms with Crippen LogP contribution in [0.25, 0.3) is 0 Å². The summed E-state index contributed by atoms with van der Waals surface area (Å²) < 4.78 is 66.2. The number of fused-ring (bicyclic) bond motifs is 5. The first kappa shape index (κ1) is 49.0. The molecule has 3 aromatic rings. The molecular formula is C41H48F2N7O15P. The quantitative estimate of drug-likeness (QED) is 0.0888. The molecule has 1 saturated heterocycles. The Labute approximate surface area is 375 Å². The lowest BCUT2D eigenvalue weighted by Crippen LogP contribution is -2.52. The zero-order valence-corrected chi connectivity index (χ0v) is 37.5. The minimum atomic E-state index is -5.04. The normalized spacial score (nSPS) is 18.9. The molecule has 3 atom stereocenters. The summed E-state index contributed by atoms with van der Waals surface area (Å²) in [6.07, 6.45) is 1.41. The van der Waals surface area contributed by atoms with E-state index in [0.717, 1.165) is 21.9 Å². The molecule has 0 radical (unpaired) electrons. The molecule has 3 aliphatic rings. The Balaban J connectivity index is 1.27. The third kappa shape index (κ3) is 11.3. The van der Waals surface area contributed by atoms with E-state index in [2.05, 4.69) is 20.0 Å². The van der Waals surface area contributed by atoms with Crippen LogP contribution in [-0.4, -0.2) is 116 Å². The van der Waals surface area contributed by atoms with E-state index in [1.807, 2.05) is 6.92 Å².